The van der Waals surface area contributed by atoms with Crippen LogP contribution in [0.4, 0.5) is 0 Å². The van der Waals surface area contributed by atoms with Gasteiger partial charge in [-0.2, -0.15) is 0 Å². The number of hydrogen-bond acceptors (Lipinski definition) is 5. The summed E-state index contributed by atoms with van der Waals surface area (Å²) in [5.74, 6) is 0.101. The van der Waals surface area contributed by atoms with E-state index in [-0.39, 0.29) is 11.9 Å². The molecule has 156 valence electrons. The monoisotopic (exact) mass is 399 g/mol. The molecule has 2 rings (SSSR count). The van der Waals surface area contributed by atoms with Crippen molar-refractivity contribution in [3.8, 4) is 11.5 Å². The maximum absolute atomic E-state index is 12.5. The van der Waals surface area contributed by atoms with Crippen LogP contribution in [0.3, 0.4) is 0 Å². The minimum Gasteiger partial charge on any atom is -0.490 e. The summed E-state index contributed by atoms with van der Waals surface area (Å²) in [4.78, 5) is 24.9. The van der Waals surface area contributed by atoms with Gasteiger partial charge in [-0.05, 0) is 51.0 Å². The molecule has 0 bridgehead atoms. The fraction of sp³-hybridized carbons (Fsp3) is 0.391. The lowest BCUT2D eigenvalue weighted by Gasteiger charge is -2.18. The fourth-order valence-electron chi connectivity index (χ4n) is 2.67. The largest absolute Gasteiger partial charge is 0.490 e. The summed E-state index contributed by atoms with van der Waals surface area (Å²) in [6, 6.07) is 14.3. The lowest BCUT2D eigenvalue weighted by atomic mass is 10.1. The molecule has 6 heteroatoms. The molecular formula is C23H29NO5. The number of nitrogens with one attached hydrogen (secondary N) is 1. The predicted octanol–water partition coefficient (Wildman–Crippen LogP) is 4.30. The molecule has 0 aliphatic carbocycles. The van der Waals surface area contributed by atoms with E-state index >= 15 is 0 Å². The lowest BCUT2D eigenvalue weighted by Crippen LogP contribution is -2.37. The fourth-order valence-corrected chi connectivity index (χ4v) is 2.67. The Bertz CT molecular complexity index is 806. The van der Waals surface area contributed by atoms with E-state index in [0.29, 0.717) is 30.3 Å². The summed E-state index contributed by atoms with van der Waals surface area (Å²) in [5.41, 5.74) is 1.27. The van der Waals surface area contributed by atoms with E-state index in [0.717, 1.165) is 12.0 Å². The number of carbonyl (C=O) groups is 2. The Hall–Kier alpha value is -3.02. The quantitative estimate of drug-likeness (QED) is 0.603. The summed E-state index contributed by atoms with van der Waals surface area (Å²) in [6.07, 6.45) is -0.0659. The summed E-state index contributed by atoms with van der Waals surface area (Å²) >= 11 is 0. The smallest absolute Gasteiger partial charge is 0.339 e. The molecule has 0 heterocycles. The molecule has 0 saturated carbocycles. The molecule has 29 heavy (non-hydrogen) atoms. The number of benzene rings is 2. The zero-order valence-electron chi connectivity index (χ0n) is 17.4. The van der Waals surface area contributed by atoms with Gasteiger partial charge < -0.3 is 19.5 Å². The Morgan fingerprint density at radius 3 is 2.34 bits per heavy atom. The van der Waals surface area contributed by atoms with Gasteiger partial charge in [0.05, 0.1) is 24.8 Å². The van der Waals surface area contributed by atoms with Gasteiger partial charge >= 0.3 is 5.97 Å². The van der Waals surface area contributed by atoms with E-state index in [4.69, 9.17) is 14.2 Å². The third-order valence-corrected chi connectivity index (χ3v) is 4.25. The minimum absolute atomic E-state index is 0.190. The second-order valence-electron chi connectivity index (χ2n) is 6.63. The van der Waals surface area contributed by atoms with Crippen molar-refractivity contribution < 1.29 is 23.8 Å². The molecule has 0 spiro atoms. The zero-order chi connectivity index (χ0) is 21.2. The van der Waals surface area contributed by atoms with Crippen LogP contribution in [0.5, 0.6) is 11.5 Å². The maximum atomic E-state index is 12.5. The van der Waals surface area contributed by atoms with E-state index in [1.807, 2.05) is 51.1 Å². The highest BCUT2D eigenvalue weighted by Crippen LogP contribution is 2.29. The van der Waals surface area contributed by atoms with Gasteiger partial charge in [-0.25, -0.2) is 4.79 Å². The van der Waals surface area contributed by atoms with Crippen molar-refractivity contribution in [2.45, 2.75) is 46.3 Å². The second kappa shape index (κ2) is 11.1. The number of hydrogen-bond donors (Lipinski definition) is 1. The molecule has 2 unspecified atom stereocenters. The maximum Gasteiger partial charge on any atom is 0.339 e. The van der Waals surface area contributed by atoms with Crippen molar-refractivity contribution in [2.24, 2.45) is 0 Å². The molecule has 0 fully saturated rings. The summed E-state index contributed by atoms with van der Waals surface area (Å²) in [7, 11) is 0. The number of carbonyl (C=O) groups excluding carboxylic acids is 2. The summed E-state index contributed by atoms with van der Waals surface area (Å²) in [6.45, 7) is 8.29. The zero-order valence-corrected chi connectivity index (χ0v) is 17.4. The molecule has 0 saturated heterocycles. The van der Waals surface area contributed by atoms with Crippen LogP contribution in [0, 0.1) is 0 Å². The van der Waals surface area contributed by atoms with E-state index in [9.17, 15) is 9.59 Å². The second-order valence-corrected chi connectivity index (χ2v) is 6.63. The Balaban J connectivity index is 2.00. The van der Waals surface area contributed by atoms with Crippen LogP contribution in [-0.2, 0) is 9.53 Å². The van der Waals surface area contributed by atoms with E-state index in [1.54, 1.807) is 25.1 Å². The summed E-state index contributed by atoms with van der Waals surface area (Å²) in [5, 5.41) is 2.86. The topological polar surface area (TPSA) is 73.9 Å². The van der Waals surface area contributed by atoms with Crippen LogP contribution < -0.4 is 14.8 Å². The lowest BCUT2D eigenvalue weighted by molar-refractivity contribution is -0.129. The first kappa shape index (κ1) is 22.3. The van der Waals surface area contributed by atoms with Gasteiger partial charge in [-0.3, -0.25) is 4.79 Å². The molecule has 1 amide bonds. The number of esters is 1. The van der Waals surface area contributed by atoms with Gasteiger partial charge in [0.2, 0.25) is 0 Å². The Morgan fingerprint density at radius 2 is 1.69 bits per heavy atom. The molecule has 0 aliphatic rings. The highest BCUT2D eigenvalue weighted by atomic mass is 16.5. The Labute approximate surface area is 172 Å². The first-order valence-corrected chi connectivity index (χ1v) is 9.92. The van der Waals surface area contributed by atoms with Crippen LogP contribution in [0.1, 0.15) is 56.1 Å². The molecule has 2 aromatic rings. The van der Waals surface area contributed by atoms with Gasteiger partial charge in [0.25, 0.3) is 5.91 Å². The van der Waals surface area contributed by atoms with Crippen molar-refractivity contribution >= 4 is 11.9 Å². The number of amides is 1. The molecule has 0 radical (unpaired) electrons. The third kappa shape index (κ3) is 6.52. The minimum atomic E-state index is -0.930. The molecule has 0 aliphatic heterocycles. The first-order chi connectivity index (χ1) is 14.0. The van der Waals surface area contributed by atoms with E-state index in [2.05, 4.69) is 5.32 Å². The Kier molecular flexibility index (Phi) is 8.52. The van der Waals surface area contributed by atoms with Crippen molar-refractivity contribution in [1.82, 2.24) is 5.32 Å². The van der Waals surface area contributed by atoms with Crippen LogP contribution in [0.2, 0.25) is 0 Å². The molecular weight excluding hydrogens is 370 g/mol. The normalized spacial score (nSPS) is 12.6. The number of rotatable bonds is 10. The van der Waals surface area contributed by atoms with Gasteiger partial charge in [0.15, 0.2) is 17.6 Å². The van der Waals surface area contributed by atoms with Crippen LogP contribution in [0.25, 0.3) is 0 Å². The molecule has 6 nitrogen and oxygen atoms in total. The highest BCUT2D eigenvalue weighted by molar-refractivity contribution is 5.93. The average Bonchev–Trinajstić information content (AvgIpc) is 2.73. The van der Waals surface area contributed by atoms with Crippen molar-refractivity contribution in [3.05, 3.63) is 59.7 Å². The summed E-state index contributed by atoms with van der Waals surface area (Å²) < 4.78 is 16.5. The van der Waals surface area contributed by atoms with Crippen LogP contribution >= 0.6 is 0 Å². The highest BCUT2D eigenvalue weighted by Gasteiger charge is 2.21. The molecule has 1 N–H and O–H groups in total. The third-order valence-electron chi connectivity index (χ3n) is 4.25. The molecule has 0 aromatic heterocycles. The van der Waals surface area contributed by atoms with Gasteiger partial charge in [0.1, 0.15) is 0 Å². The van der Waals surface area contributed by atoms with Gasteiger partial charge in [-0.15, -0.1) is 0 Å². The predicted molar refractivity (Wildman–Crippen MR) is 111 cm³/mol. The number of ether oxygens (including phenoxy) is 3. The molecule has 2 aromatic carbocycles. The standard InChI is InChI=1S/C23H29NO5/c1-5-14-28-20-13-12-19(15-21(20)27-6-2)23(26)29-17(4)22(25)24-16(3)18-10-8-7-9-11-18/h7-13,15-17H,5-6,14H2,1-4H3,(H,24,25). The van der Waals surface area contributed by atoms with E-state index in [1.165, 1.54) is 0 Å². The molecule has 2 atom stereocenters. The van der Waals surface area contributed by atoms with Crippen LogP contribution in [-0.4, -0.2) is 31.2 Å². The van der Waals surface area contributed by atoms with E-state index < -0.39 is 12.1 Å². The van der Waals surface area contributed by atoms with Gasteiger partial charge in [-0.1, -0.05) is 37.3 Å². The Morgan fingerprint density at radius 1 is 0.966 bits per heavy atom. The SMILES string of the molecule is CCCOc1ccc(C(=O)OC(C)C(=O)NC(C)c2ccccc2)cc1OCC. The average molecular weight is 399 g/mol. The van der Waals surface area contributed by atoms with Crippen molar-refractivity contribution in [3.63, 3.8) is 0 Å². The van der Waals surface area contributed by atoms with Crippen LogP contribution in [0.15, 0.2) is 48.5 Å². The van der Waals surface area contributed by atoms with Crippen molar-refractivity contribution in [1.29, 1.82) is 0 Å². The van der Waals surface area contributed by atoms with Gasteiger partial charge in [0, 0.05) is 0 Å². The first-order valence-electron chi connectivity index (χ1n) is 9.92. The van der Waals surface area contributed by atoms with Crippen molar-refractivity contribution in [2.75, 3.05) is 13.2 Å².